The first kappa shape index (κ1) is 13.9. The Morgan fingerprint density at radius 1 is 1.56 bits per heavy atom. The van der Waals surface area contributed by atoms with Crippen LogP contribution in [0, 0.1) is 5.82 Å². The van der Waals surface area contributed by atoms with Crippen LogP contribution in [-0.2, 0) is 14.1 Å². The van der Waals surface area contributed by atoms with Crippen LogP contribution in [0.4, 0.5) is 4.39 Å². The molecule has 1 aromatic carbocycles. The lowest BCUT2D eigenvalue weighted by Crippen LogP contribution is -2.04. The number of hydrogen-bond donors (Lipinski definition) is 0. The van der Waals surface area contributed by atoms with Gasteiger partial charge < -0.3 is 4.74 Å². The van der Waals surface area contributed by atoms with Crippen LogP contribution >= 0.6 is 32.7 Å². The van der Waals surface area contributed by atoms with E-state index in [1.807, 2.05) is 0 Å². The van der Waals surface area contributed by atoms with E-state index in [2.05, 4.69) is 4.98 Å². The topological polar surface area (TPSA) is 39.2 Å². The number of nitrogens with zero attached hydrogens (tertiary/aromatic N) is 1. The van der Waals surface area contributed by atoms with Gasteiger partial charge in [0.25, 0.3) is 9.32 Å². The fourth-order valence-electron chi connectivity index (χ4n) is 1.37. The summed E-state index contributed by atoms with van der Waals surface area (Å²) >= 11 is 1.16. The van der Waals surface area contributed by atoms with Crippen molar-refractivity contribution in [2.24, 2.45) is 0 Å². The van der Waals surface area contributed by atoms with Crippen molar-refractivity contribution in [3.8, 4) is 0 Å². The summed E-state index contributed by atoms with van der Waals surface area (Å²) in [4.78, 5) is 15.5. The lowest BCUT2D eigenvalue weighted by atomic mass is 10.2. The molecule has 0 aliphatic carbocycles. The van der Waals surface area contributed by atoms with Crippen molar-refractivity contribution in [2.75, 3.05) is 6.61 Å². The summed E-state index contributed by atoms with van der Waals surface area (Å²) in [5, 5.41) is 0. The standard InChI is InChI=1S/C10H7Cl2FNO2S2/c1-2-16-9(15)5-3-6(13)8-7(4-5)17-10(14-8)18(11)12/h3-4H,2H2,1H3/q+1. The van der Waals surface area contributed by atoms with Crippen LogP contribution in [0.3, 0.4) is 0 Å². The summed E-state index contributed by atoms with van der Waals surface area (Å²) in [6.07, 6.45) is 0. The Morgan fingerprint density at radius 2 is 2.28 bits per heavy atom. The number of esters is 1. The molecule has 8 heteroatoms. The third kappa shape index (κ3) is 2.71. The summed E-state index contributed by atoms with van der Waals surface area (Å²) in [6, 6.07) is 2.63. The number of benzene rings is 1. The molecule has 3 nitrogen and oxygen atoms in total. The average Bonchev–Trinajstić information content (AvgIpc) is 2.73. The predicted octanol–water partition coefficient (Wildman–Crippen LogP) is 3.90. The highest BCUT2D eigenvalue weighted by Gasteiger charge is 2.25. The van der Waals surface area contributed by atoms with Crippen LogP contribution in [-0.4, -0.2) is 17.6 Å². The van der Waals surface area contributed by atoms with Crippen molar-refractivity contribution in [3.05, 3.63) is 23.5 Å². The van der Waals surface area contributed by atoms with E-state index in [0.717, 1.165) is 17.4 Å². The van der Waals surface area contributed by atoms with Crippen molar-refractivity contribution < 1.29 is 13.9 Å². The van der Waals surface area contributed by atoms with E-state index < -0.39 is 21.1 Å². The molecule has 0 saturated carbocycles. The Labute approximate surface area is 118 Å². The van der Waals surface area contributed by atoms with Crippen molar-refractivity contribution in [1.82, 2.24) is 4.98 Å². The van der Waals surface area contributed by atoms with E-state index in [-0.39, 0.29) is 17.7 Å². The molecule has 0 spiro atoms. The molecule has 0 bridgehead atoms. The van der Waals surface area contributed by atoms with Gasteiger partial charge in [-0.15, -0.1) is 0 Å². The van der Waals surface area contributed by atoms with E-state index in [1.54, 1.807) is 6.92 Å². The molecule has 0 unspecified atom stereocenters. The van der Waals surface area contributed by atoms with Crippen LogP contribution in [0.15, 0.2) is 16.5 Å². The van der Waals surface area contributed by atoms with Crippen molar-refractivity contribution in [3.63, 3.8) is 0 Å². The molecule has 0 saturated heterocycles. The zero-order valence-electron chi connectivity index (χ0n) is 9.08. The van der Waals surface area contributed by atoms with Gasteiger partial charge in [-0.2, -0.15) is 4.98 Å². The Morgan fingerprint density at radius 3 is 2.89 bits per heavy atom. The molecule has 0 radical (unpaired) electrons. The number of thiazole rings is 1. The van der Waals surface area contributed by atoms with Gasteiger partial charge in [0.2, 0.25) is 21.4 Å². The van der Waals surface area contributed by atoms with E-state index in [0.29, 0.717) is 9.04 Å². The first-order chi connectivity index (χ1) is 8.52. The quantitative estimate of drug-likeness (QED) is 0.634. The SMILES string of the molecule is CCOC(=O)c1cc(F)c2nc([S+](Cl)Cl)sc2c1. The Kier molecular flexibility index (Phi) is 4.32. The maximum atomic E-state index is 13.8. The van der Waals surface area contributed by atoms with Crippen LogP contribution in [0.25, 0.3) is 10.2 Å². The maximum absolute atomic E-state index is 13.8. The van der Waals surface area contributed by atoms with Gasteiger partial charge in [-0.05, 0) is 19.1 Å². The molecular weight excluding hydrogens is 320 g/mol. The van der Waals surface area contributed by atoms with Crippen LogP contribution < -0.4 is 0 Å². The van der Waals surface area contributed by atoms with E-state index in [9.17, 15) is 9.18 Å². The fourth-order valence-corrected chi connectivity index (χ4v) is 3.57. The van der Waals surface area contributed by atoms with Crippen LogP contribution in [0.5, 0.6) is 0 Å². The van der Waals surface area contributed by atoms with Crippen LogP contribution in [0.2, 0.25) is 0 Å². The second-order valence-electron chi connectivity index (χ2n) is 3.22. The molecule has 1 aromatic heterocycles. The smallest absolute Gasteiger partial charge is 0.345 e. The van der Waals surface area contributed by atoms with Gasteiger partial charge in [0.1, 0.15) is 5.52 Å². The molecule has 96 valence electrons. The number of halogens is 3. The minimum absolute atomic E-state index is 0.154. The Bertz CT molecular complexity index is 603. The molecule has 18 heavy (non-hydrogen) atoms. The highest BCUT2D eigenvalue weighted by Crippen LogP contribution is 2.33. The third-order valence-corrected chi connectivity index (χ3v) is 5.40. The fraction of sp³-hybridized carbons (Fsp3) is 0.200. The van der Waals surface area contributed by atoms with Gasteiger partial charge in [-0.1, -0.05) is 11.3 Å². The van der Waals surface area contributed by atoms with E-state index in [1.165, 1.54) is 6.07 Å². The number of carbonyl (C=O) groups excluding carboxylic acids is 1. The monoisotopic (exact) mass is 326 g/mol. The van der Waals surface area contributed by atoms with E-state index >= 15 is 0 Å². The van der Waals surface area contributed by atoms with Gasteiger partial charge >= 0.3 is 10.3 Å². The molecule has 0 aliphatic heterocycles. The maximum Gasteiger partial charge on any atom is 0.345 e. The summed E-state index contributed by atoms with van der Waals surface area (Å²) in [5.74, 6) is -1.15. The highest BCUT2D eigenvalue weighted by molar-refractivity contribution is 8.36. The van der Waals surface area contributed by atoms with Crippen molar-refractivity contribution in [1.29, 1.82) is 0 Å². The van der Waals surface area contributed by atoms with Gasteiger partial charge in [-0.3, -0.25) is 0 Å². The first-order valence-electron chi connectivity index (χ1n) is 4.87. The lowest BCUT2D eigenvalue weighted by molar-refractivity contribution is 0.0526. The number of aromatic nitrogens is 1. The lowest BCUT2D eigenvalue weighted by Gasteiger charge is -2.01. The van der Waals surface area contributed by atoms with E-state index in [4.69, 9.17) is 26.1 Å². The number of ether oxygens (including phenoxy) is 1. The van der Waals surface area contributed by atoms with Gasteiger partial charge in [0.15, 0.2) is 5.82 Å². The van der Waals surface area contributed by atoms with Crippen molar-refractivity contribution in [2.45, 2.75) is 11.3 Å². The molecule has 0 amide bonds. The number of carbonyl (C=O) groups is 1. The third-order valence-electron chi connectivity index (χ3n) is 2.07. The molecule has 1 heterocycles. The number of hydrogen-bond acceptors (Lipinski definition) is 4. The summed E-state index contributed by atoms with van der Waals surface area (Å²) in [7, 11) is 10.3. The molecule has 2 rings (SSSR count). The summed E-state index contributed by atoms with van der Waals surface area (Å²) < 4.78 is 19.5. The Hall–Kier alpha value is -0.560. The average molecular weight is 327 g/mol. The summed E-state index contributed by atoms with van der Waals surface area (Å²) in [6.45, 7) is 1.92. The molecule has 0 N–H and O–H groups in total. The molecular formula is C10H7Cl2FNO2S2+. The predicted molar refractivity (Wildman–Crippen MR) is 72.9 cm³/mol. The van der Waals surface area contributed by atoms with Gasteiger partial charge in [0.05, 0.1) is 16.9 Å². The molecule has 2 aromatic rings. The summed E-state index contributed by atoms with van der Waals surface area (Å²) in [5.41, 5.74) is 0.322. The minimum Gasteiger partial charge on any atom is -0.462 e. The number of rotatable bonds is 3. The minimum atomic E-state index is -1.07. The molecule has 0 atom stereocenters. The van der Waals surface area contributed by atoms with Crippen LogP contribution in [0.1, 0.15) is 17.3 Å². The zero-order chi connectivity index (χ0) is 13.3. The zero-order valence-corrected chi connectivity index (χ0v) is 12.2. The molecule has 0 fully saturated rings. The first-order valence-corrected chi connectivity index (χ1v) is 8.56. The molecule has 0 aliphatic rings. The van der Waals surface area contributed by atoms with Gasteiger partial charge in [-0.25, -0.2) is 9.18 Å². The second kappa shape index (κ2) is 5.61. The normalized spacial score (nSPS) is 11.2. The second-order valence-corrected chi connectivity index (χ2v) is 7.64. The Balaban J connectivity index is 2.51. The van der Waals surface area contributed by atoms with Crippen molar-refractivity contribution >= 4 is 58.2 Å². The highest BCUT2D eigenvalue weighted by atomic mass is 36.0. The van der Waals surface area contributed by atoms with Gasteiger partial charge in [0, 0.05) is 0 Å². The number of fused-ring (bicyclic) bond motifs is 1. The largest absolute Gasteiger partial charge is 0.462 e.